The Hall–Kier alpha value is -7.46. The highest BCUT2D eigenvalue weighted by Crippen LogP contribution is 2.49. The van der Waals surface area contributed by atoms with Crippen LogP contribution in [-0.4, -0.2) is 0 Å². The Bertz CT molecular complexity index is 3570. The molecule has 0 fully saturated rings. The van der Waals surface area contributed by atoms with Gasteiger partial charge in [-0.15, -0.1) is 11.3 Å². The van der Waals surface area contributed by atoms with E-state index in [-0.39, 0.29) is 0 Å². The molecule has 59 heavy (non-hydrogen) atoms. The number of hydrogen-bond acceptors (Lipinski definition) is 3. The molecule has 0 saturated heterocycles. The zero-order chi connectivity index (χ0) is 38.9. The third kappa shape index (κ3) is 5.62. The van der Waals surface area contributed by atoms with Crippen molar-refractivity contribution in [2.45, 2.75) is 0 Å². The van der Waals surface area contributed by atoms with E-state index in [2.05, 4.69) is 217 Å². The third-order valence-corrected chi connectivity index (χ3v) is 13.0. The standard InChI is InChI=1S/C56H35NOS/c1-2-13-38-33-43(27-26-36(38)12-1)40-17-9-16-39(32-40)37-28-30-44(31-29-37)57(52-24-11-22-49-46-19-6-8-25-54(46)59-56(49)52)51-23-7-5-18-45(51)47-20-10-21-48-50-34-41-14-3-4-15-42(41)35-53(50)58-55(47)48/h1-35H. The summed E-state index contributed by atoms with van der Waals surface area (Å²) in [7, 11) is 0. The molecular formula is C56H35NOS. The zero-order valence-corrected chi connectivity index (χ0v) is 32.8. The maximum atomic E-state index is 6.81. The monoisotopic (exact) mass is 769 g/mol. The molecule has 0 amide bonds. The summed E-state index contributed by atoms with van der Waals surface area (Å²) in [5, 5.41) is 9.68. The number of para-hydroxylation sites is 2. The van der Waals surface area contributed by atoms with E-state index in [1.165, 1.54) is 64.0 Å². The molecule has 0 atom stereocenters. The van der Waals surface area contributed by atoms with E-state index in [1.54, 1.807) is 0 Å². The van der Waals surface area contributed by atoms with E-state index in [0.717, 1.165) is 50.1 Å². The van der Waals surface area contributed by atoms with Gasteiger partial charge in [-0.25, -0.2) is 0 Å². The first-order valence-corrected chi connectivity index (χ1v) is 20.9. The largest absolute Gasteiger partial charge is 0.455 e. The number of nitrogens with zero attached hydrogens (tertiary/aromatic N) is 1. The highest BCUT2D eigenvalue weighted by Gasteiger charge is 2.23. The van der Waals surface area contributed by atoms with Crippen LogP contribution in [0.3, 0.4) is 0 Å². The molecule has 2 heterocycles. The number of benzene rings is 10. The molecule has 12 rings (SSSR count). The molecular weight excluding hydrogens is 735 g/mol. The number of fused-ring (bicyclic) bond motifs is 8. The van der Waals surface area contributed by atoms with Gasteiger partial charge in [-0.1, -0.05) is 158 Å². The number of thiophene rings is 1. The SMILES string of the molecule is c1cc(-c2ccc(N(c3ccccc3-c3cccc4c3oc3cc5ccccc5cc34)c3cccc4c3sc3ccccc34)cc2)cc(-c2ccc3ccccc3c2)c1. The van der Waals surface area contributed by atoms with Gasteiger partial charge in [-0.3, -0.25) is 0 Å². The summed E-state index contributed by atoms with van der Waals surface area (Å²) in [6.07, 6.45) is 0. The van der Waals surface area contributed by atoms with Crippen LogP contribution in [-0.2, 0) is 0 Å². The maximum absolute atomic E-state index is 6.81. The average Bonchev–Trinajstić information content (AvgIpc) is 3.87. The van der Waals surface area contributed by atoms with E-state index in [9.17, 15) is 0 Å². The van der Waals surface area contributed by atoms with Crippen molar-refractivity contribution in [3.63, 3.8) is 0 Å². The van der Waals surface area contributed by atoms with Crippen LogP contribution in [0.5, 0.6) is 0 Å². The molecule has 12 aromatic rings. The fourth-order valence-corrected chi connectivity index (χ4v) is 10.2. The van der Waals surface area contributed by atoms with Crippen LogP contribution in [0.1, 0.15) is 0 Å². The minimum atomic E-state index is 0.895. The molecule has 10 aromatic carbocycles. The Kier molecular flexibility index (Phi) is 7.75. The first kappa shape index (κ1) is 33.7. The van der Waals surface area contributed by atoms with Crippen LogP contribution < -0.4 is 4.90 Å². The van der Waals surface area contributed by atoms with Crippen LogP contribution >= 0.6 is 11.3 Å². The molecule has 0 bridgehead atoms. The lowest BCUT2D eigenvalue weighted by molar-refractivity contribution is 0.670. The van der Waals surface area contributed by atoms with Crippen molar-refractivity contribution >= 4 is 92.1 Å². The van der Waals surface area contributed by atoms with E-state index in [0.29, 0.717) is 0 Å². The van der Waals surface area contributed by atoms with Crippen molar-refractivity contribution < 1.29 is 4.42 Å². The van der Waals surface area contributed by atoms with Gasteiger partial charge in [0.2, 0.25) is 0 Å². The van der Waals surface area contributed by atoms with E-state index < -0.39 is 0 Å². The van der Waals surface area contributed by atoms with Crippen LogP contribution in [0.15, 0.2) is 217 Å². The lowest BCUT2D eigenvalue weighted by Gasteiger charge is -2.28. The summed E-state index contributed by atoms with van der Waals surface area (Å²) in [6, 6.07) is 77.0. The molecule has 0 spiro atoms. The molecule has 276 valence electrons. The quantitative estimate of drug-likeness (QED) is 0.167. The number of rotatable bonds is 6. The van der Waals surface area contributed by atoms with Gasteiger partial charge in [0.15, 0.2) is 0 Å². The first-order chi connectivity index (χ1) is 29.2. The lowest BCUT2D eigenvalue weighted by Crippen LogP contribution is -2.11. The van der Waals surface area contributed by atoms with Crippen molar-refractivity contribution in [1.29, 1.82) is 0 Å². The second-order valence-corrected chi connectivity index (χ2v) is 16.3. The Morgan fingerprint density at radius 1 is 0.356 bits per heavy atom. The van der Waals surface area contributed by atoms with Gasteiger partial charge < -0.3 is 9.32 Å². The van der Waals surface area contributed by atoms with Crippen LogP contribution in [0.4, 0.5) is 17.1 Å². The van der Waals surface area contributed by atoms with Gasteiger partial charge in [0.25, 0.3) is 0 Å². The normalized spacial score (nSPS) is 11.7. The molecule has 2 nitrogen and oxygen atoms in total. The summed E-state index contributed by atoms with van der Waals surface area (Å²) in [6.45, 7) is 0. The molecule has 0 N–H and O–H groups in total. The molecule has 0 radical (unpaired) electrons. The summed E-state index contributed by atoms with van der Waals surface area (Å²) >= 11 is 1.85. The molecule has 2 aromatic heterocycles. The minimum absolute atomic E-state index is 0.895. The summed E-state index contributed by atoms with van der Waals surface area (Å²) in [5.74, 6) is 0. The molecule has 0 aliphatic rings. The summed E-state index contributed by atoms with van der Waals surface area (Å²) < 4.78 is 9.35. The van der Waals surface area contributed by atoms with E-state index in [1.807, 2.05) is 11.3 Å². The fraction of sp³-hybridized carbons (Fsp3) is 0. The van der Waals surface area contributed by atoms with E-state index >= 15 is 0 Å². The smallest absolute Gasteiger partial charge is 0.143 e. The minimum Gasteiger partial charge on any atom is -0.455 e. The number of anilines is 3. The molecule has 0 aliphatic carbocycles. The summed E-state index contributed by atoms with van der Waals surface area (Å²) in [5.41, 5.74) is 12.1. The van der Waals surface area contributed by atoms with Crippen LogP contribution in [0.25, 0.3) is 97.0 Å². The predicted octanol–water partition coefficient (Wildman–Crippen LogP) is 16.7. The number of hydrogen-bond donors (Lipinski definition) is 0. The Labute approximate surface area is 345 Å². The highest BCUT2D eigenvalue weighted by atomic mass is 32.1. The van der Waals surface area contributed by atoms with Gasteiger partial charge in [0, 0.05) is 43.1 Å². The van der Waals surface area contributed by atoms with Gasteiger partial charge in [-0.05, 0) is 98.4 Å². The lowest BCUT2D eigenvalue weighted by atomic mass is 9.96. The van der Waals surface area contributed by atoms with Gasteiger partial charge in [-0.2, -0.15) is 0 Å². The molecule has 0 unspecified atom stereocenters. The van der Waals surface area contributed by atoms with Crippen molar-refractivity contribution in [2.24, 2.45) is 0 Å². The Balaban J connectivity index is 1.02. The fourth-order valence-electron chi connectivity index (χ4n) is 8.96. The molecule has 3 heteroatoms. The van der Waals surface area contributed by atoms with Gasteiger partial charge >= 0.3 is 0 Å². The van der Waals surface area contributed by atoms with Crippen molar-refractivity contribution in [2.75, 3.05) is 4.90 Å². The zero-order valence-electron chi connectivity index (χ0n) is 32.0. The number of furan rings is 1. The molecule has 0 saturated carbocycles. The van der Waals surface area contributed by atoms with Gasteiger partial charge in [0.05, 0.1) is 16.1 Å². The highest BCUT2D eigenvalue weighted by molar-refractivity contribution is 7.26. The van der Waals surface area contributed by atoms with Crippen molar-refractivity contribution in [3.8, 4) is 33.4 Å². The van der Waals surface area contributed by atoms with Gasteiger partial charge in [0.1, 0.15) is 11.2 Å². The molecule has 0 aliphatic heterocycles. The Morgan fingerprint density at radius 2 is 0.949 bits per heavy atom. The first-order valence-electron chi connectivity index (χ1n) is 20.1. The average molecular weight is 770 g/mol. The third-order valence-electron chi connectivity index (χ3n) is 11.8. The second kappa shape index (κ2) is 13.6. The Morgan fingerprint density at radius 3 is 1.81 bits per heavy atom. The predicted molar refractivity (Wildman–Crippen MR) is 253 cm³/mol. The topological polar surface area (TPSA) is 16.4 Å². The van der Waals surface area contributed by atoms with Crippen molar-refractivity contribution in [3.05, 3.63) is 212 Å². The van der Waals surface area contributed by atoms with Crippen LogP contribution in [0.2, 0.25) is 0 Å². The van der Waals surface area contributed by atoms with E-state index in [4.69, 9.17) is 4.42 Å². The van der Waals surface area contributed by atoms with Crippen molar-refractivity contribution in [1.82, 2.24) is 0 Å². The summed E-state index contributed by atoms with van der Waals surface area (Å²) in [4.78, 5) is 2.44. The maximum Gasteiger partial charge on any atom is 0.143 e. The second-order valence-electron chi connectivity index (χ2n) is 15.3. The van der Waals surface area contributed by atoms with Crippen LogP contribution in [0, 0.1) is 0 Å².